The summed E-state index contributed by atoms with van der Waals surface area (Å²) in [6, 6.07) is 9.40. The van der Waals surface area contributed by atoms with Gasteiger partial charge in [0.15, 0.2) is 17.0 Å². The number of para-hydroxylation sites is 1. The number of hydrogen-bond donors (Lipinski definition) is 0. The molecule has 0 aliphatic rings. The standard InChI is InChI=1S/C16H15N7O2/c1-10(2)15-18-12(20-25-15)8-22-9-17-14-13(16(22)24)19-21-23(14)11-6-4-3-5-7-11/h3-7,9-10H,8H2,1-2H3. The van der Waals surface area contributed by atoms with E-state index in [0.717, 1.165) is 5.69 Å². The van der Waals surface area contributed by atoms with Crippen molar-refractivity contribution in [2.24, 2.45) is 0 Å². The van der Waals surface area contributed by atoms with Gasteiger partial charge in [-0.25, -0.2) is 4.98 Å². The largest absolute Gasteiger partial charge is 0.339 e. The van der Waals surface area contributed by atoms with Crippen LogP contribution in [0.2, 0.25) is 0 Å². The van der Waals surface area contributed by atoms with Gasteiger partial charge in [0.05, 0.1) is 12.2 Å². The lowest BCUT2D eigenvalue weighted by Gasteiger charge is -2.03. The van der Waals surface area contributed by atoms with Crippen molar-refractivity contribution < 1.29 is 4.52 Å². The molecule has 0 radical (unpaired) electrons. The Morgan fingerprint density at radius 1 is 1.20 bits per heavy atom. The summed E-state index contributed by atoms with van der Waals surface area (Å²) in [5.74, 6) is 1.08. The molecule has 3 heterocycles. The summed E-state index contributed by atoms with van der Waals surface area (Å²) in [5, 5.41) is 11.9. The molecule has 9 heteroatoms. The maximum Gasteiger partial charge on any atom is 0.283 e. The molecule has 0 saturated heterocycles. The molecule has 126 valence electrons. The van der Waals surface area contributed by atoms with Crippen molar-refractivity contribution in [1.29, 1.82) is 0 Å². The van der Waals surface area contributed by atoms with Gasteiger partial charge in [-0.1, -0.05) is 42.4 Å². The van der Waals surface area contributed by atoms with Crippen LogP contribution in [0.25, 0.3) is 16.9 Å². The summed E-state index contributed by atoms with van der Waals surface area (Å²) >= 11 is 0. The zero-order valence-corrected chi connectivity index (χ0v) is 13.7. The van der Waals surface area contributed by atoms with Crippen LogP contribution in [0.3, 0.4) is 0 Å². The zero-order chi connectivity index (χ0) is 17.4. The highest BCUT2D eigenvalue weighted by Crippen LogP contribution is 2.13. The Hall–Kier alpha value is -3.36. The summed E-state index contributed by atoms with van der Waals surface area (Å²) < 4.78 is 8.08. The zero-order valence-electron chi connectivity index (χ0n) is 13.7. The summed E-state index contributed by atoms with van der Waals surface area (Å²) in [4.78, 5) is 21.2. The van der Waals surface area contributed by atoms with Crippen molar-refractivity contribution in [3.05, 3.63) is 58.7 Å². The second-order valence-corrected chi connectivity index (χ2v) is 5.89. The molecular formula is C16H15N7O2. The highest BCUT2D eigenvalue weighted by molar-refractivity contribution is 5.70. The minimum absolute atomic E-state index is 0.129. The van der Waals surface area contributed by atoms with Gasteiger partial charge in [-0.05, 0) is 12.1 Å². The first-order valence-electron chi connectivity index (χ1n) is 7.82. The maximum absolute atomic E-state index is 12.6. The van der Waals surface area contributed by atoms with E-state index in [1.165, 1.54) is 15.6 Å². The van der Waals surface area contributed by atoms with E-state index in [1.54, 1.807) is 0 Å². The minimum Gasteiger partial charge on any atom is -0.339 e. The average molecular weight is 337 g/mol. The molecule has 0 unspecified atom stereocenters. The summed E-state index contributed by atoms with van der Waals surface area (Å²) in [5.41, 5.74) is 1.08. The molecule has 0 aliphatic heterocycles. The third-order valence-electron chi connectivity index (χ3n) is 3.72. The fraction of sp³-hybridized carbons (Fsp3) is 0.250. The van der Waals surface area contributed by atoms with Crippen molar-refractivity contribution in [2.45, 2.75) is 26.3 Å². The molecule has 0 aliphatic carbocycles. The lowest BCUT2D eigenvalue weighted by Crippen LogP contribution is -2.22. The third kappa shape index (κ3) is 2.69. The van der Waals surface area contributed by atoms with Crippen molar-refractivity contribution in [2.75, 3.05) is 0 Å². The number of rotatable bonds is 4. The lowest BCUT2D eigenvalue weighted by molar-refractivity contribution is 0.359. The van der Waals surface area contributed by atoms with E-state index in [0.29, 0.717) is 17.4 Å². The molecule has 4 rings (SSSR count). The molecule has 0 saturated carbocycles. The predicted molar refractivity (Wildman–Crippen MR) is 88.4 cm³/mol. The van der Waals surface area contributed by atoms with E-state index in [1.807, 2.05) is 44.2 Å². The Morgan fingerprint density at radius 2 is 2.00 bits per heavy atom. The number of nitrogens with zero attached hydrogens (tertiary/aromatic N) is 7. The molecule has 0 fully saturated rings. The fourth-order valence-corrected chi connectivity index (χ4v) is 2.42. The van der Waals surface area contributed by atoms with Gasteiger partial charge in [0, 0.05) is 5.92 Å². The molecule has 3 aromatic heterocycles. The molecule has 1 aromatic carbocycles. The van der Waals surface area contributed by atoms with Crippen LogP contribution in [0.4, 0.5) is 0 Å². The van der Waals surface area contributed by atoms with Crippen LogP contribution >= 0.6 is 0 Å². The molecule has 0 spiro atoms. The minimum atomic E-state index is -0.303. The van der Waals surface area contributed by atoms with Gasteiger partial charge in [0.25, 0.3) is 5.56 Å². The molecule has 0 amide bonds. The fourth-order valence-electron chi connectivity index (χ4n) is 2.42. The van der Waals surface area contributed by atoms with Crippen molar-refractivity contribution >= 4 is 11.2 Å². The first-order valence-corrected chi connectivity index (χ1v) is 7.82. The summed E-state index contributed by atoms with van der Waals surface area (Å²) in [7, 11) is 0. The van der Waals surface area contributed by atoms with Gasteiger partial charge in [-0.2, -0.15) is 9.67 Å². The van der Waals surface area contributed by atoms with Crippen LogP contribution < -0.4 is 5.56 Å². The van der Waals surface area contributed by atoms with E-state index < -0.39 is 0 Å². The smallest absolute Gasteiger partial charge is 0.283 e. The Labute approximate surface area is 141 Å². The van der Waals surface area contributed by atoms with Crippen LogP contribution in [0.1, 0.15) is 31.5 Å². The monoisotopic (exact) mass is 337 g/mol. The first kappa shape index (κ1) is 15.2. The molecule has 4 aromatic rings. The number of hydrogen-bond acceptors (Lipinski definition) is 7. The Balaban J connectivity index is 1.72. The lowest BCUT2D eigenvalue weighted by atomic mass is 10.2. The van der Waals surface area contributed by atoms with Gasteiger partial charge in [-0.3, -0.25) is 9.36 Å². The van der Waals surface area contributed by atoms with Crippen LogP contribution in [-0.2, 0) is 6.54 Å². The second-order valence-electron chi connectivity index (χ2n) is 5.89. The number of aromatic nitrogens is 7. The van der Waals surface area contributed by atoms with Crippen LogP contribution in [0, 0.1) is 0 Å². The average Bonchev–Trinajstić information content (AvgIpc) is 3.25. The van der Waals surface area contributed by atoms with Gasteiger partial charge < -0.3 is 4.52 Å². The predicted octanol–water partition coefficient (Wildman–Crippen LogP) is 1.53. The number of fused-ring (bicyclic) bond motifs is 1. The summed E-state index contributed by atoms with van der Waals surface area (Å²) in [6.45, 7) is 4.08. The van der Waals surface area contributed by atoms with Gasteiger partial charge in [-0.15, -0.1) is 5.10 Å². The first-order chi connectivity index (χ1) is 12.1. The molecular weight excluding hydrogens is 322 g/mol. The van der Waals surface area contributed by atoms with E-state index in [9.17, 15) is 4.79 Å². The highest BCUT2D eigenvalue weighted by Gasteiger charge is 2.15. The molecule has 9 nitrogen and oxygen atoms in total. The van der Waals surface area contributed by atoms with Crippen molar-refractivity contribution in [1.82, 2.24) is 34.7 Å². The van der Waals surface area contributed by atoms with Crippen molar-refractivity contribution in [3.63, 3.8) is 0 Å². The van der Waals surface area contributed by atoms with Gasteiger partial charge in [0.2, 0.25) is 5.89 Å². The molecule has 0 bridgehead atoms. The third-order valence-corrected chi connectivity index (χ3v) is 3.72. The highest BCUT2D eigenvalue weighted by atomic mass is 16.5. The number of benzene rings is 1. The Bertz CT molecular complexity index is 1080. The van der Waals surface area contributed by atoms with Gasteiger partial charge >= 0.3 is 0 Å². The topological polar surface area (TPSA) is 105 Å². The molecule has 0 atom stereocenters. The quantitative estimate of drug-likeness (QED) is 0.556. The van der Waals surface area contributed by atoms with Gasteiger partial charge in [0.1, 0.15) is 6.33 Å². The molecule has 0 N–H and O–H groups in total. The van der Waals surface area contributed by atoms with E-state index in [-0.39, 0.29) is 23.5 Å². The maximum atomic E-state index is 12.6. The van der Waals surface area contributed by atoms with Crippen molar-refractivity contribution in [3.8, 4) is 5.69 Å². The Morgan fingerprint density at radius 3 is 2.72 bits per heavy atom. The van der Waals surface area contributed by atoms with Crippen LogP contribution in [-0.4, -0.2) is 34.7 Å². The SMILES string of the molecule is CC(C)c1nc(Cn2cnc3c(nnn3-c3ccccc3)c2=O)no1. The van der Waals surface area contributed by atoms with E-state index in [4.69, 9.17) is 4.52 Å². The van der Waals surface area contributed by atoms with Crippen LogP contribution in [0.5, 0.6) is 0 Å². The molecule has 25 heavy (non-hydrogen) atoms. The van der Waals surface area contributed by atoms with E-state index in [2.05, 4.69) is 25.4 Å². The normalized spacial score (nSPS) is 11.5. The summed E-state index contributed by atoms with van der Waals surface area (Å²) in [6.07, 6.45) is 1.44. The second kappa shape index (κ2) is 5.93. The van der Waals surface area contributed by atoms with E-state index >= 15 is 0 Å². The Kier molecular flexibility index (Phi) is 3.60. The van der Waals surface area contributed by atoms with Crippen LogP contribution in [0.15, 0.2) is 46.0 Å².